The lowest BCUT2D eigenvalue weighted by atomic mass is 10.2. The first-order chi connectivity index (χ1) is 10.0. The lowest BCUT2D eigenvalue weighted by molar-refractivity contribution is -0.384. The van der Waals surface area contributed by atoms with E-state index in [0.717, 1.165) is 18.5 Å². The van der Waals surface area contributed by atoms with Crippen LogP contribution >= 0.6 is 11.6 Å². The van der Waals surface area contributed by atoms with Crippen molar-refractivity contribution in [3.05, 3.63) is 50.7 Å². The number of aromatic amines is 1. The van der Waals surface area contributed by atoms with Gasteiger partial charge in [0.1, 0.15) is 5.02 Å². The third-order valence-electron chi connectivity index (χ3n) is 2.80. The zero-order valence-electron chi connectivity index (χ0n) is 11.2. The molecule has 8 heteroatoms. The van der Waals surface area contributed by atoms with Gasteiger partial charge in [0.05, 0.1) is 4.92 Å². The zero-order chi connectivity index (χ0) is 15.4. The second-order valence-electron chi connectivity index (χ2n) is 4.41. The summed E-state index contributed by atoms with van der Waals surface area (Å²) in [6.45, 7) is 2.04. The van der Waals surface area contributed by atoms with E-state index in [9.17, 15) is 14.9 Å². The number of carbonyl (C=O) groups excluding carboxylic acids is 1. The highest BCUT2D eigenvalue weighted by atomic mass is 35.5. The van der Waals surface area contributed by atoms with E-state index in [1.54, 1.807) is 6.07 Å². The average Bonchev–Trinajstić information content (AvgIpc) is 2.86. The molecule has 0 aliphatic carbocycles. The number of hydrogen-bond donors (Lipinski definition) is 2. The second-order valence-corrected chi connectivity index (χ2v) is 4.81. The molecule has 0 aliphatic rings. The van der Waals surface area contributed by atoms with Gasteiger partial charge in [-0.2, -0.15) is 5.10 Å². The van der Waals surface area contributed by atoms with Crippen LogP contribution in [-0.2, 0) is 6.42 Å². The number of nitro benzene ring substituents is 1. The number of benzene rings is 1. The maximum Gasteiger partial charge on any atom is 0.287 e. The molecule has 2 N–H and O–H groups in total. The molecule has 2 rings (SSSR count). The largest absolute Gasteiger partial charge is 0.305 e. The van der Waals surface area contributed by atoms with E-state index in [-0.39, 0.29) is 16.3 Å². The third kappa shape index (κ3) is 3.57. The highest BCUT2D eigenvalue weighted by Crippen LogP contribution is 2.25. The molecule has 0 fully saturated rings. The first kappa shape index (κ1) is 15.0. The second kappa shape index (κ2) is 6.36. The molecule has 7 nitrogen and oxygen atoms in total. The quantitative estimate of drug-likeness (QED) is 0.654. The first-order valence-corrected chi connectivity index (χ1v) is 6.68. The van der Waals surface area contributed by atoms with Crippen LogP contribution in [0.1, 0.15) is 29.4 Å². The molecule has 0 spiro atoms. The molecule has 0 saturated carbocycles. The molecule has 110 valence electrons. The van der Waals surface area contributed by atoms with Crippen LogP contribution in [0.3, 0.4) is 0 Å². The molecule has 0 aliphatic heterocycles. The van der Waals surface area contributed by atoms with Crippen molar-refractivity contribution in [2.45, 2.75) is 19.8 Å². The average molecular weight is 309 g/mol. The van der Waals surface area contributed by atoms with Gasteiger partial charge < -0.3 is 5.32 Å². The Hall–Kier alpha value is -2.41. The van der Waals surface area contributed by atoms with Crippen molar-refractivity contribution in [3.63, 3.8) is 0 Å². The maximum atomic E-state index is 12.0. The molecule has 0 unspecified atom stereocenters. The van der Waals surface area contributed by atoms with Crippen molar-refractivity contribution in [2.75, 3.05) is 5.32 Å². The van der Waals surface area contributed by atoms with E-state index < -0.39 is 10.8 Å². The van der Waals surface area contributed by atoms with Crippen LogP contribution in [0.15, 0.2) is 24.3 Å². The van der Waals surface area contributed by atoms with E-state index in [1.165, 1.54) is 18.2 Å². The summed E-state index contributed by atoms with van der Waals surface area (Å²) >= 11 is 5.77. The summed E-state index contributed by atoms with van der Waals surface area (Å²) in [6, 6.07) is 5.55. The lowest BCUT2D eigenvalue weighted by Gasteiger charge is -2.02. The predicted octanol–water partition coefficient (Wildman–Crippen LogP) is 3.18. The van der Waals surface area contributed by atoms with Crippen LogP contribution in [-0.4, -0.2) is 21.0 Å². The Kier molecular flexibility index (Phi) is 4.54. The molecular weight excluding hydrogens is 296 g/mol. The molecule has 2 aromatic rings. The van der Waals surface area contributed by atoms with Gasteiger partial charge in [-0.25, -0.2) is 0 Å². The molecule has 0 bridgehead atoms. The Balaban J connectivity index is 2.12. The minimum Gasteiger partial charge on any atom is -0.305 e. The molecule has 21 heavy (non-hydrogen) atoms. The smallest absolute Gasteiger partial charge is 0.287 e. The van der Waals surface area contributed by atoms with E-state index in [1.807, 2.05) is 6.92 Å². The van der Waals surface area contributed by atoms with Crippen molar-refractivity contribution in [2.24, 2.45) is 0 Å². The Labute approximate surface area is 125 Å². The predicted molar refractivity (Wildman–Crippen MR) is 78.6 cm³/mol. The SMILES string of the molecule is CCCc1cc(NC(=O)c2ccc([N+](=O)[O-])c(Cl)c2)n[nH]1. The Bertz CT molecular complexity index is 684. The van der Waals surface area contributed by atoms with Crippen molar-refractivity contribution >= 4 is 29.0 Å². The summed E-state index contributed by atoms with van der Waals surface area (Å²) in [5.41, 5.74) is 0.915. The standard InChI is InChI=1S/C13H13ClN4O3/c1-2-3-9-7-12(17-16-9)15-13(19)8-4-5-11(18(20)21)10(14)6-8/h4-7H,2-3H2,1H3,(H2,15,16,17,19). The minimum atomic E-state index is -0.602. The zero-order valence-corrected chi connectivity index (χ0v) is 12.0. The van der Waals surface area contributed by atoms with Crippen LogP contribution in [0, 0.1) is 10.1 Å². The van der Waals surface area contributed by atoms with E-state index in [4.69, 9.17) is 11.6 Å². The molecule has 0 atom stereocenters. The van der Waals surface area contributed by atoms with Gasteiger partial charge in [-0.1, -0.05) is 24.9 Å². The maximum absolute atomic E-state index is 12.0. The normalized spacial score (nSPS) is 10.4. The molecular formula is C13H13ClN4O3. The number of anilines is 1. The number of carbonyl (C=O) groups is 1. The van der Waals surface area contributed by atoms with Crippen LogP contribution in [0.4, 0.5) is 11.5 Å². The fourth-order valence-corrected chi connectivity index (χ4v) is 2.06. The number of rotatable bonds is 5. The number of aromatic nitrogens is 2. The number of nitro groups is 1. The van der Waals surface area contributed by atoms with Crippen LogP contribution in [0.2, 0.25) is 5.02 Å². The molecule has 1 heterocycles. The summed E-state index contributed by atoms with van der Waals surface area (Å²) in [5.74, 6) is -0.0285. The molecule has 1 aromatic carbocycles. The van der Waals surface area contributed by atoms with Gasteiger partial charge in [0.2, 0.25) is 0 Å². The number of H-pyrrole nitrogens is 1. The van der Waals surface area contributed by atoms with Gasteiger partial charge in [-0.05, 0) is 18.6 Å². The number of amides is 1. The van der Waals surface area contributed by atoms with E-state index >= 15 is 0 Å². The van der Waals surface area contributed by atoms with E-state index in [0.29, 0.717) is 5.82 Å². The molecule has 0 saturated heterocycles. The molecule has 0 radical (unpaired) electrons. The first-order valence-electron chi connectivity index (χ1n) is 6.31. The van der Waals surface area contributed by atoms with Crippen molar-refractivity contribution in [1.82, 2.24) is 10.2 Å². The molecule has 1 amide bonds. The van der Waals surface area contributed by atoms with Crippen LogP contribution in [0.5, 0.6) is 0 Å². The van der Waals surface area contributed by atoms with Crippen molar-refractivity contribution < 1.29 is 9.72 Å². The number of halogens is 1. The lowest BCUT2D eigenvalue weighted by Crippen LogP contribution is -2.12. The van der Waals surface area contributed by atoms with Crippen molar-refractivity contribution in [3.8, 4) is 0 Å². The number of aryl methyl sites for hydroxylation is 1. The topological polar surface area (TPSA) is 101 Å². The van der Waals surface area contributed by atoms with Gasteiger partial charge >= 0.3 is 0 Å². The van der Waals surface area contributed by atoms with Gasteiger partial charge in [0.25, 0.3) is 11.6 Å². The van der Waals surface area contributed by atoms with E-state index in [2.05, 4.69) is 15.5 Å². The van der Waals surface area contributed by atoms with Gasteiger partial charge in [0, 0.05) is 23.4 Å². The minimum absolute atomic E-state index is 0.0821. The van der Waals surface area contributed by atoms with Gasteiger partial charge in [0.15, 0.2) is 5.82 Å². The summed E-state index contributed by atoms with van der Waals surface area (Å²) in [5, 5.41) is 20.0. The number of nitrogens with one attached hydrogen (secondary N) is 2. The number of hydrogen-bond acceptors (Lipinski definition) is 4. The van der Waals surface area contributed by atoms with Crippen LogP contribution < -0.4 is 5.32 Å². The fraction of sp³-hybridized carbons (Fsp3) is 0.231. The highest BCUT2D eigenvalue weighted by Gasteiger charge is 2.16. The Morgan fingerprint density at radius 3 is 2.86 bits per heavy atom. The number of nitrogens with zero attached hydrogens (tertiary/aromatic N) is 2. The van der Waals surface area contributed by atoms with Gasteiger partial charge in [-0.15, -0.1) is 0 Å². The third-order valence-corrected chi connectivity index (χ3v) is 3.10. The summed E-state index contributed by atoms with van der Waals surface area (Å²) in [7, 11) is 0. The Morgan fingerprint density at radius 2 is 2.24 bits per heavy atom. The van der Waals surface area contributed by atoms with Crippen molar-refractivity contribution in [1.29, 1.82) is 0 Å². The van der Waals surface area contributed by atoms with Gasteiger partial charge in [-0.3, -0.25) is 20.0 Å². The summed E-state index contributed by atoms with van der Waals surface area (Å²) < 4.78 is 0. The molecule has 1 aromatic heterocycles. The highest BCUT2D eigenvalue weighted by molar-refractivity contribution is 6.33. The van der Waals surface area contributed by atoms with Crippen LogP contribution in [0.25, 0.3) is 0 Å². The summed E-state index contributed by atoms with van der Waals surface area (Å²) in [4.78, 5) is 22.1. The fourth-order valence-electron chi connectivity index (χ4n) is 1.81. The monoisotopic (exact) mass is 308 g/mol. The summed E-state index contributed by atoms with van der Waals surface area (Å²) in [6.07, 6.45) is 1.81. The Morgan fingerprint density at radius 1 is 1.48 bits per heavy atom.